The summed E-state index contributed by atoms with van der Waals surface area (Å²) in [5.41, 5.74) is 1.44. The van der Waals surface area contributed by atoms with Gasteiger partial charge in [-0.3, -0.25) is 0 Å². The molecule has 0 N–H and O–H groups in total. The normalized spacial score (nSPS) is 12.0. The standard InChI is InChI=1S/C12H18I.3C4H9.Sn/c1-4-5-6-8-11(2)9-7-10-12(3)13;3*1-3-4-2;/h1,4H,2-3,5-10H2;3*1,3-4H2,2H3;. The van der Waals surface area contributed by atoms with Gasteiger partial charge in [0.05, 0.1) is 0 Å². The molecule has 0 aromatic rings. The Kier molecular flexibility index (Phi) is 18.3. The van der Waals surface area contributed by atoms with Crippen LogP contribution in [0.15, 0.2) is 32.5 Å². The molecule has 0 rings (SSSR count). The molecule has 0 bridgehead atoms. The van der Waals surface area contributed by atoms with Gasteiger partial charge in [-0.1, -0.05) is 0 Å². The molecular weight excluding hydrogens is 534 g/mol. The molecule has 0 saturated carbocycles. The zero-order chi connectivity index (χ0) is 19.7. The van der Waals surface area contributed by atoms with E-state index in [-0.39, 0.29) is 0 Å². The van der Waals surface area contributed by atoms with Crippen molar-refractivity contribution < 1.29 is 0 Å². The third-order valence-corrected chi connectivity index (χ3v) is 20.2. The summed E-state index contributed by atoms with van der Waals surface area (Å²) in [7, 11) is 0. The van der Waals surface area contributed by atoms with E-state index < -0.39 is 18.4 Å². The fourth-order valence-corrected chi connectivity index (χ4v) is 18.6. The summed E-state index contributed by atoms with van der Waals surface area (Å²) in [5.74, 6) is 0. The van der Waals surface area contributed by atoms with Gasteiger partial charge >= 0.3 is 185 Å². The summed E-state index contributed by atoms with van der Waals surface area (Å²) in [6.07, 6.45) is 18.4. The van der Waals surface area contributed by atoms with Crippen LogP contribution < -0.4 is 0 Å². The van der Waals surface area contributed by atoms with Crippen LogP contribution in [-0.4, -0.2) is 18.4 Å². The molecule has 0 aliphatic heterocycles. The van der Waals surface area contributed by atoms with Crippen molar-refractivity contribution in [2.45, 2.75) is 111 Å². The van der Waals surface area contributed by atoms with Crippen molar-refractivity contribution in [2.24, 2.45) is 0 Å². The van der Waals surface area contributed by atoms with Crippen LogP contribution >= 0.6 is 22.6 Å². The van der Waals surface area contributed by atoms with Crippen molar-refractivity contribution in [3.8, 4) is 0 Å². The number of halogens is 1. The number of allylic oxidation sites excluding steroid dienone is 3. The second kappa shape index (κ2) is 17.8. The second-order valence-electron chi connectivity index (χ2n) is 8.09. The molecule has 26 heavy (non-hydrogen) atoms. The third-order valence-electron chi connectivity index (χ3n) is 5.44. The van der Waals surface area contributed by atoms with Crippen molar-refractivity contribution >= 4 is 41.0 Å². The second-order valence-corrected chi connectivity index (χ2v) is 22.6. The van der Waals surface area contributed by atoms with E-state index in [9.17, 15) is 0 Å². The van der Waals surface area contributed by atoms with E-state index in [0.717, 1.165) is 6.42 Å². The molecule has 0 aromatic heterocycles. The van der Waals surface area contributed by atoms with E-state index in [1.807, 2.05) is 0 Å². The van der Waals surface area contributed by atoms with E-state index in [0.29, 0.717) is 0 Å². The Hall–Kier alpha value is 0.749. The van der Waals surface area contributed by atoms with Crippen molar-refractivity contribution in [1.29, 1.82) is 0 Å². The zero-order valence-electron chi connectivity index (χ0n) is 18.1. The Bertz CT molecular complexity index is 375. The zero-order valence-corrected chi connectivity index (χ0v) is 23.1. The topological polar surface area (TPSA) is 0 Å². The first kappa shape index (κ1) is 26.7. The molecule has 152 valence electrons. The van der Waals surface area contributed by atoms with Crippen LogP contribution in [0.5, 0.6) is 0 Å². The molecule has 2 heteroatoms. The van der Waals surface area contributed by atoms with Crippen molar-refractivity contribution in [3.63, 3.8) is 0 Å². The van der Waals surface area contributed by atoms with Crippen LogP contribution in [0.1, 0.15) is 97.8 Å². The van der Waals surface area contributed by atoms with Crippen LogP contribution in [-0.2, 0) is 0 Å². The van der Waals surface area contributed by atoms with Gasteiger partial charge in [-0.25, -0.2) is 0 Å². The molecule has 0 heterocycles. The first-order valence-electron chi connectivity index (χ1n) is 11.2. The first-order valence-corrected chi connectivity index (χ1v) is 20.0. The molecule has 0 nitrogen and oxygen atoms in total. The summed E-state index contributed by atoms with van der Waals surface area (Å²) in [4.78, 5) is 0. The van der Waals surface area contributed by atoms with Gasteiger partial charge in [0.25, 0.3) is 0 Å². The first-order chi connectivity index (χ1) is 12.5. The Morgan fingerprint density at radius 1 is 0.769 bits per heavy atom. The van der Waals surface area contributed by atoms with Crippen molar-refractivity contribution in [2.75, 3.05) is 0 Å². The summed E-state index contributed by atoms with van der Waals surface area (Å²) < 4.78 is 8.88. The average molecular weight is 579 g/mol. The van der Waals surface area contributed by atoms with Gasteiger partial charge in [-0.05, 0) is 0 Å². The predicted octanol–water partition coefficient (Wildman–Crippen LogP) is 9.78. The molecule has 0 aromatic carbocycles. The molecular formula is C24H45ISn. The molecule has 0 spiro atoms. The SMILES string of the molecule is C=C(I)CCCC(=C)CCC/C=[CH]/[Sn]([CH2]CCC)([CH2]CCC)[CH2]CCC. The number of hydrogen-bond acceptors (Lipinski definition) is 0. The van der Waals surface area contributed by atoms with Gasteiger partial charge in [0.15, 0.2) is 0 Å². The van der Waals surface area contributed by atoms with E-state index in [2.05, 4.69) is 66.7 Å². The van der Waals surface area contributed by atoms with Gasteiger partial charge in [0.2, 0.25) is 0 Å². The number of hydrogen-bond donors (Lipinski definition) is 0. The Morgan fingerprint density at radius 2 is 1.27 bits per heavy atom. The maximum absolute atomic E-state index is 4.28. The van der Waals surface area contributed by atoms with Gasteiger partial charge in [0.1, 0.15) is 0 Å². The van der Waals surface area contributed by atoms with Crippen molar-refractivity contribution in [1.82, 2.24) is 0 Å². The molecule has 0 saturated heterocycles. The van der Waals surface area contributed by atoms with E-state index in [4.69, 9.17) is 0 Å². The number of rotatable bonds is 18. The molecule has 0 radical (unpaired) electrons. The fourth-order valence-electron chi connectivity index (χ4n) is 3.67. The van der Waals surface area contributed by atoms with E-state index in [1.54, 1.807) is 13.3 Å². The summed E-state index contributed by atoms with van der Waals surface area (Å²) in [6, 6.07) is 0. The minimum atomic E-state index is -2.03. The summed E-state index contributed by atoms with van der Waals surface area (Å²) in [5, 5.41) is 0. The molecule has 0 amide bonds. The van der Waals surface area contributed by atoms with Crippen LogP contribution in [0.3, 0.4) is 0 Å². The van der Waals surface area contributed by atoms with E-state index >= 15 is 0 Å². The number of unbranched alkanes of at least 4 members (excludes halogenated alkanes) is 4. The molecule has 0 fully saturated rings. The Balaban J connectivity index is 4.43. The fraction of sp³-hybridized carbons (Fsp3) is 0.750. The van der Waals surface area contributed by atoms with Crippen molar-refractivity contribution in [3.05, 3.63) is 32.5 Å². The Morgan fingerprint density at radius 3 is 1.73 bits per heavy atom. The molecule has 0 aliphatic carbocycles. The Labute approximate surface area is 183 Å². The monoisotopic (exact) mass is 580 g/mol. The summed E-state index contributed by atoms with van der Waals surface area (Å²) in [6.45, 7) is 15.3. The third kappa shape index (κ3) is 14.8. The van der Waals surface area contributed by atoms with Crippen LogP contribution in [0, 0.1) is 0 Å². The van der Waals surface area contributed by atoms with Crippen LogP contribution in [0.4, 0.5) is 0 Å². The maximum atomic E-state index is 4.28. The van der Waals surface area contributed by atoms with E-state index in [1.165, 1.54) is 79.8 Å². The van der Waals surface area contributed by atoms with Gasteiger partial charge in [0, 0.05) is 0 Å². The minimum absolute atomic E-state index is 1.14. The molecule has 0 aliphatic rings. The van der Waals surface area contributed by atoms with Crippen LogP contribution in [0.2, 0.25) is 13.3 Å². The van der Waals surface area contributed by atoms with Gasteiger partial charge in [-0.2, -0.15) is 0 Å². The average Bonchev–Trinajstić information content (AvgIpc) is 2.62. The predicted molar refractivity (Wildman–Crippen MR) is 134 cm³/mol. The van der Waals surface area contributed by atoms with Gasteiger partial charge < -0.3 is 0 Å². The summed E-state index contributed by atoms with van der Waals surface area (Å²) >= 11 is 0.307. The van der Waals surface area contributed by atoms with Crippen LogP contribution in [0.25, 0.3) is 0 Å². The van der Waals surface area contributed by atoms with Gasteiger partial charge in [-0.15, -0.1) is 0 Å². The molecule has 0 unspecified atom stereocenters. The quantitative estimate of drug-likeness (QED) is 0.0657. The molecule has 0 atom stereocenters.